The number of para-hydroxylation sites is 1. The molecular weight excluding hydrogens is 222 g/mol. The molecule has 0 fully saturated rings. The van der Waals surface area contributed by atoms with E-state index in [4.69, 9.17) is 4.74 Å². The Morgan fingerprint density at radius 2 is 1.67 bits per heavy atom. The Morgan fingerprint density at radius 1 is 1.00 bits per heavy atom. The van der Waals surface area contributed by atoms with E-state index in [-0.39, 0.29) is 0 Å². The summed E-state index contributed by atoms with van der Waals surface area (Å²) >= 11 is 0. The lowest BCUT2D eigenvalue weighted by atomic mass is 10.1. The molecule has 0 heterocycles. The minimum atomic E-state index is 0.841. The van der Waals surface area contributed by atoms with Gasteiger partial charge in [0.1, 0.15) is 5.75 Å². The lowest BCUT2D eigenvalue weighted by molar-refractivity contribution is -0.655. The Labute approximate surface area is 112 Å². The van der Waals surface area contributed by atoms with Gasteiger partial charge in [-0.1, -0.05) is 31.5 Å². The predicted octanol–water partition coefficient (Wildman–Crippen LogP) is 2.83. The molecule has 0 amide bonds. The molecule has 1 aromatic rings. The van der Waals surface area contributed by atoms with Crippen LogP contribution in [0, 0.1) is 13.8 Å². The molecule has 102 valence electrons. The Bertz CT molecular complexity index is 316. The molecule has 18 heavy (non-hydrogen) atoms. The standard InChI is InChI=1S/C16H27NO/c1-4-5-11-17-12-6-7-13-18-16-14(2)9-8-10-15(16)3/h8-10,17H,4-7,11-13H2,1-3H3/p+1. The second kappa shape index (κ2) is 8.98. The fraction of sp³-hybridized carbons (Fsp3) is 0.625. The summed E-state index contributed by atoms with van der Waals surface area (Å²) < 4.78 is 5.88. The van der Waals surface area contributed by atoms with Crippen LogP contribution in [0.3, 0.4) is 0 Å². The van der Waals surface area contributed by atoms with Gasteiger partial charge in [0.2, 0.25) is 0 Å². The number of quaternary nitrogens is 1. The highest BCUT2D eigenvalue weighted by molar-refractivity contribution is 5.39. The van der Waals surface area contributed by atoms with Crippen molar-refractivity contribution in [2.45, 2.75) is 46.5 Å². The molecule has 0 aliphatic rings. The molecule has 2 nitrogen and oxygen atoms in total. The lowest BCUT2D eigenvalue weighted by Gasteiger charge is -2.11. The molecule has 2 N–H and O–H groups in total. The third kappa shape index (κ3) is 5.54. The third-order valence-electron chi connectivity index (χ3n) is 3.22. The highest BCUT2D eigenvalue weighted by atomic mass is 16.5. The van der Waals surface area contributed by atoms with Crippen molar-refractivity contribution in [3.63, 3.8) is 0 Å². The number of ether oxygens (including phenoxy) is 1. The van der Waals surface area contributed by atoms with Crippen LogP contribution >= 0.6 is 0 Å². The van der Waals surface area contributed by atoms with Crippen molar-refractivity contribution in [3.8, 4) is 5.75 Å². The molecular formula is C16H28NO+. The zero-order valence-corrected chi connectivity index (χ0v) is 12.2. The average Bonchev–Trinajstić information content (AvgIpc) is 2.35. The summed E-state index contributed by atoms with van der Waals surface area (Å²) in [7, 11) is 0. The molecule has 0 unspecified atom stereocenters. The first-order valence-corrected chi connectivity index (χ1v) is 7.26. The first kappa shape index (κ1) is 15.0. The van der Waals surface area contributed by atoms with Crippen LogP contribution in [0.5, 0.6) is 5.75 Å². The van der Waals surface area contributed by atoms with Gasteiger partial charge in [-0.3, -0.25) is 0 Å². The van der Waals surface area contributed by atoms with Gasteiger partial charge in [-0.15, -0.1) is 0 Å². The molecule has 1 rings (SSSR count). The summed E-state index contributed by atoms with van der Waals surface area (Å²) in [6, 6.07) is 6.31. The van der Waals surface area contributed by atoms with E-state index in [9.17, 15) is 0 Å². The second-order valence-corrected chi connectivity index (χ2v) is 5.00. The molecule has 1 aromatic carbocycles. The van der Waals surface area contributed by atoms with Crippen molar-refractivity contribution in [2.75, 3.05) is 19.7 Å². The molecule has 2 heteroatoms. The average molecular weight is 250 g/mol. The van der Waals surface area contributed by atoms with Gasteiger partial charge in [0.15, 0.2) is 0 Å². The third-order valence-corrected chi connectivity index (χ3v) is 3.22. The van der Waals surface area contributed by atoms with Crippen LogP contribution < -0.4 is 10.1 Å². The van der Waals surface area contributed by atoms with Crippen LogP contribution in [0.25, 0.3) is 0 Å². The predicted molar refractivity (Wildman–Crippen MR) is 77.2 cm³/mol. The number of rotatable bonds is 9. The zero-order valence-electron chi connectivity index (χ0n) is 12.2. The molecule has 0 saturated heterocycles. The number of unbranched alkanes of at least 4 members (excludes halogenated alkanes) is 2. The fourth-order valence-electron chi connectivity index (χ4n) is 2.08. The van der Waals surface area contributed by atoms with E-state index in [0.717, 1.165) is 18.8 Å². The van der Waals surface area contributed by atoms with Gasteiger partial charge in [-0.05, 0) is 44.2 Å². The molecule has 0 aromatic heterocycles. The summed E-state index contributed by atoms with van der Waals surface area (Å²) in [5, 5.41) is 2.42. The van der Waals surface area contributed by atoms with E-state index in [2.05, 4.69) is 44.3 Å². The number of benzene rings is 1. The van der Waals surface area contributed by atoms with Gasteiger partial charge in [-0.2, -0.15) is 0 Å². The topological polar surface area (TPSA) is 25.8 Å². The maximum absolute atomic E-state index is 5.88. The smallest absolute Gasteiger partial charge is 0.125 e. The van der Waals surface area contributed by atoms with Crippen LogP contribution in [0.4, 0.5) is 0 Å². The van der Waals surface area contributed by atoms with E-state index < -0.39 is 0 Å². The van der Waals surface area contributed by atoms with Gasteiger partial charge in [0.25, 0.3) is 0 Å². The highest BCUT2D eigenvalue weighted by Gasteiger charge is 2.02. The Kier molecular flexibility index (Phi) is 7.51. The van der Waals surface area contributed by atoms with E-state index in [1.165, 1.54) is 43.5 Å². The van der Waals surface area contributed by atoms with E-state index in [1.807, 2.05) is 0 Å². The SMILES string of the molecule is CCCC[NH2+]CCCCOc1c(C)cccc1C. The first-order chi connectivity index (χ1) is 8.75. The van der Waals surface area contributed by atoms with Gasteiger partial charge < -0.3 is 10.1 Å². The van der Waals surface area contributed by atoms with E-state index in [0.29, 0.717) is 0 Å². The minimum Gasteiger partial charge on any atom is -0.493 e. The number of aryl methyl sites for hydroxylation is 2. The summed E-state index contributed by atoms with van der Waals surface area (Å²) in [4.78, 5) is 0. The van der Waals surface area contributed by atoms with Crippen molar-refractivity contribution in [1.82, 2.24) is 0 Å². The molecule has 0 radical (unpaired) electrons. The van der Waals surface area contributed by atoms with E-state index in [1.54, 1.807) is 0 Å². The van der Waals surface area contributed by atoms with Crippen molar-refractivity contribution >= 4 is 0 Å². The molecule has 0 bridgehead atoms. The Hall–Kier alpha value is -1.02. The van der Waals surface area contributed by atoms with Crippen LogP contribution in [0.1, 0.15) is 43.7 Å². The van der Waals surface area contributed by atoms with Crippen molar-refractivity contribution < 1.29 is 10.1 Å². The molecule has 0 atom stereocenters. The Balaban J connectivity index is 2.11. The summed E-state index contributed by atoms with van der Waals surface area (Å²) in [5.41, 5.74) is 2.48. The zero-order chi connectivity index (χ0) is 13.2. The van der Waals surface area contributed by atoms with Crippen LogP contribution in [0.2, 0.25) is 0 Å². The largest absolute Gasteiger partial charge is 0.493 e. The van der Waals surface area contributed by atoms with Crippen LogP contribution in [0.15, 0.2) is 18.2 Å². The summed E-state index contributed by atoms with van der Waals surface area (Å²) in [6.45, 7) is 9.81. The van der Waals surface area contributed by atoms with Crippen molar-refractivity contribution in [3.05, 3.63) is 29.3 Å². The van der Waals surface area contributed by atoms with Crippen molar-refractivity contribution in [1.29, 1.82) is 0 Å². The summed E-state index contributed by atoms with van der Waals surface area (Å²) in [5.74, 6) is 1.08. The van der Waals surface area contributed by atoms with Crippen LogP contribution in [-0.4, -0.2) is 19.7 Å². The number of hydrogen-bond donors (Lipinski definition) is 1. The summed E-state index contributed by atoms with van der Waals surface area (Å²) in [6.07, 6.45) is 5.02. The quantitative estimate of drug-likeness (QED) is 0.670. The van der Waals surface area contributed by atoms with Gasteiger partial charge in [0.05, 0.1) is 19.7 Å². The maximum atomic E-state index is 5.88. The highest BCUT2D eigenvalue weighted by Crippen LogP contribution is 2.22. The maximum Gasteiger partial charge on any atom is 0.125 e. The van der Waals surface area contributed by atoms with Crippen molar-refractivity contribution in [2.24, 2.45) is 0 Å². The normalized spacial score (nSPS) is 10.6. The molecule has 0 saturated carbocycles. The molecule has 0 aliphatic heterocycles. The van der Waals surface area contributed by atoms with E-state index >= 15 is 0 Å². The van der Waals surface area contributed by atoms with Gasteiger partial charge in [-0.25, -0.2) is 0 Å². The monoisotopic (exact) mass is 250 g/mol. The first-order valence-electron chi connectivity index (χ1n) is 7.26. The fourth-order valence-corrected chi connectivity index (χ4v) is 2.08. The molecule has 0 spiro atoms. The number of nitrogens with two attached hydrogens (primary N) is 1. The van der Waals surface area contributed by atoms with Gasteiger partial charge in [0, 0.05) is 0 Å². The molecule has 0 aliphatic carbocycles. The Morgan fingerprint density at radius 3 is 2.33 bits per heavy atom. The van der Waals surface area contributed by atoms with Crippen LogP contribution in [-0.2, 0) is 0 Å². The number of hydrogen-bond acceptors (Lipinski definition) is 1. The minimum absolute atomic E-state index is 0.841. The lowest BCUT2D eigenvalue weighted by Crippen LogP contribution is -2.84. The van der Waals surface area contributed by atoms with Gasteiger partial charge >= 0.3 is 0 Å². The second-order valence-electron chi connectivity index (χ2n) is 5.00.